The van der Waals surface area contributed by atoms with Gasteiger partial charge >= 0.3 is 12.1 Å². The topological polar surface area (TPSA) is 150 Å². The van der Waals surface area contributed by atoms with E-state index in [1.807, 2.05) is 29.2 Å². The molecular weight excluding hydrogens is 607 g/mol. The van der Waals surface area contributed by atoms with Gasteiger partial charge in [0.05, 0.1) is 21.9 Å². The highest BCUT2D eigenvalue weighted by molar-refractivity contribution is 6.37. The number of ether oxygens (including phenoxy) is 1. The molecule has 11 nitrogen and oxygen atoms in total. The molecule has 2 aromatic rings. The van der Waals surface area contributed by atoms with Crippen molar-refractivity contribution < 1.29 is 24.2 Å². The molecule has 2 aliphatic rings. The van der Waals surface area contributed by atoms with Crippen molar-refractivity contribution in [3.05, 3.63) is 80.9 Å². The van der Waals surface area contributed by atoms with Gasteiger partial charge in [-0.05, 0) is 67.0 Å². The van der Waals surface area contributed by atoms with Crippen LogP contribution >= 0.6 is 23.2 Å². The second-order valence-corrected chi connectivity index (χ2v) is 10.9. The van der Waals surface area contributed by atoms with Gasteiger partial charge in [-0.1, -0.05) is 41.4 Å². The summed E-state index contributed by atoms with van der Waals surface area (Å²) in [6.07, 6.45) is 0.780. The van der Waals surface area contributed by atoms with Crippen LogP contribution in [-0.2, 0) is 22.4 Å². The minimum Gasteiger partial charge on any atom is -0.505 e. The Bertz CT molecular complexity index is 1620. The maximum Gasteiger partial charge on any atom is 0.410 e. The number of phenols is 1. The smallest absolute Gasteiger partial charge is 0.410 e. The van der Waals surface area contributed by atoms with Crippen LogP contribution in [0.25, 0.3) is 0 Å². The number of nitrogens with two attached hydrogens (primary N) is 1. The monoisotopic (exact) mass is 636 g/mol. The molecule has 0 spiro atoms. The van der Waals surface area contributed by atoms with Gasteiger partial charge in [-0.25, -0.2) is 9.59 Å². The van der Waals surface area contributed by atoms with Gasteiger partial charge < -0.3 is 30.7 Å². The number of aromatic hydroxyl groups is 1. The van der Waals surface area contributed by atoms with Crippen LogP contribution in [0.15, 0.2) is 69.7 Å². The minimum atomic E-state index is -1.35. The predicted octanol–water partition coefficient (Wildman–Crippen LogP) is 4.85. The lowest BCUT2D eigenvalue weighted by molar-refractivity contribution is -0.126. The number of anilines is 1. The molecule has 2 heterocycles. The first-order valence-electron chi connectivity index (χ1n) is 13.8. The predicted molar refractivity (Wildman–Crippen MR) is 167 cm³/mol. The maximum absolute atomic E-state index is 13.2. The number of piperidine rings is 1. The number of phenolic OH excluding ortho intramolecular Hbond substituents is 1. The molecule has 0 radical (unpaired) electrons. The number of rotatable bonds is 6. The van der Waals surface area contributed by atoms with Crippen molar-refractivity contribution in [1.82, 2.24) is 9.80 Å². The van der Waals surface area contributed by atoms with Crippen molar-refractivity contribution in [3.63, 3.8) is 0 Å². The quantitative estimate of drug-likeness (QED) is 0.305. The van der Waals surface area contributed by atoms with Gasteiger partial charge in [-0.15, -0.1) is 0 Å². The van der Waals surface area contributed by atoms with E-state index in [0.29, 0.717) is 43.7 Å². The highest BCUT2D eigenvalue weighted by Gasteiger charge is 2.33. The van der Waals surface area contributed by atoms with E-state index in [1.165, 1.54) is 17.0 Å². The molecule has 4 N–H and O–H groups in total. The van der Waals surface area contributed by atoms with Gasteiger partial charge in [0.2, 0.25) is 0 Å². The second kappa shape index (κ2) is 15.1. The molecule has 4 amide bonds. The van der Waals surface area contributed by atoms with E-state index < -0.39 is 18.1 Å². The van der Waals surface area contributed by atoms with E-state index in [1.54, 1.807) is 6.92 Å². The van der Waals surface area contributed by atoms with Crippen LogP contribution in [0.2, 0.25) is 10.0 Å². The summed E-state index contributed by atoms with van der Waals surface area (Å²) >= 11 is 12.1. The summed E-state index contributed by atoms with van der Waals surface area (Å²) in [5, 5.41) is 12.8. The van der Waals surface area contributed by atoms with Crippen LogP contribution in [0, 0.1) is 0 Å². The first-order valence-corrected chi connectivity index (χ1v) is 14.5. The van der Waals surface area contributed by atoms with Crippen LogP contribution in [0.3, 0.4) is 0 Å². The Labute approximate surface area is 264 Å². The first-order chi connectivity index (χ1) is 21.1. The second-order valence-electron chi connectivity index (χ2n) is 10.1. The summed E-state index contributed by atoms with van der Waals surface area (Å²) in [6, 6.07) is 10.3. The molecule has 2 aliphatic heterocycles. The maximum atomic E-state index is 13.2. The number of amides is 4. The zero-order chi connectivity index (χ0) is 31.6. The Hall–Kier alpha value is -4.71. The molecular formula is C31H30Cl2N6O5. The van der Waals surface area contributed by atoms with Crippen LogP contribution in [0.1, 0.15) is 30.9 Å². The summed E-state index contributed by atoms with van der Waals surface area (Å²) in [5.41, 5.74) is 13.1. The Kier molecular flexibility index (Phi) is 11.1. The number of allylic oxidation sites excluding steroid dienone is 1. The van der Waals surface area contributed by atoms with E-state index in [0.717, 1.165) is 23.9 Å². The lowest BCUT2D eigenvalue weighted by Crippen LogP contribution is -2.50. The molecule has 0 bridgehead atoms. The van der Waals surface area contributed by atoms with Gasteiger partial charge in [-0.2, -0.15) is 9.98 Å². The molecule has 1 saturated heterocycles. The fourth-order valence-electron chi connectivity index (χ4n) is 4.80. The van der Waals surface area contributed by atoms with Crippen LogP contribution in [0.5, 0.6) is 5.75 Å². The third-order valence-electron chi connectivity index (χ3n) is 7.00. The Morgan fingerprint density at radius 3 is 2.59 bits per heavy atom. The summed E-state index contributed by atoms with van der Waals surface area (Å²) in [7, 11) is 0. The molecule has 228 valence electrons. The summed E-state index contributed by atoms with van der Waals surface area (Å²) in [4.78, 5) is 49.8. The number of fused-ring (bicyclic) bond motifs is 1. The molecule has 44 heavy (non-hydrogen) atoms. The van der Waals surface area contributed by atoms with Crippen LogP contribution in [0.4, 0.5) is 15.3 Å². The third kappa shape index (κ3) is 8.66. The number of urea groups is 1. The van der Waals surface area contributed by atoms with Gasteiger partial charge in [0.25, 0.3) is 5.91 Å². The largest absolute Gasteiger partial charge is 0.505 e. The first kappa shape index (κ1) is 32.2. The molecule has 4 rings (SSSR count). The van der Waals surface area contributed by atoms with Crippen LogP contribution in [-0.4, -0.2) is 76.5 Å². The van der Waals surface area contributed by atoms with Gasteiger partial charge in [0.1, 0.15) is 0 Å². The van der Waals surface area contributed by atoms with E-state index in [4.69, 9.17) is 33.7 Å². The number of halogens is 2. The number of hydrogen-bond acceptors (Lipinski definition) is 7. The minimum absolute atomic E-state index is 0.0215. The number of aliphatic imine (C=N–C) groups is 2. The molecule has 1 fully saturated rings. The fraction of sp³-hybridized carbons (Fsp3) is 0.323. The third-order valence-corrected chi connectivity index (χ3v) is 7.58. The van der Waals surface area contributed by atoms with E-state index >= 15 is 0 Å². The SMILES string of the molecule is CC(N)=C=C=NC=C=C=NC(=O)[C@@H](Cc1cc(Cl)c(O)c(Cl)c1)OC(=O)N1CCC(N2CCc3ccccc3NC2=O)CC1. The van der Waals surface area contributed by atoms with E-state index in [-0.39, 0.29) is 34.3 Å². The summed E-state index contributed by atoms with van der Waals surface area (Å²) < 4.78 is 5.61. The molecule has 0 saturated carbocycles. The van der Waals surface area contributed by atoms with Gasteiger partial charge in [-0.3, -0.25) is 4.79 Å². The average molecular weight is 638 g/mol. The van der Waals surface area contributed by atoms with Crippen molar-refractivity contribution in [3.8, 4) is 5.75 Å². The van der Waals surface area contributed by atoms with Gasteiger partial charge in [0.15, 0.2) is 11.9 Å². The number of likely N-dealkylation sites (tertiary alicyclic amines) is 1. The Morgan fingerprint density at radius 2 is 1.89 bits per heavy atom. The lowest BCUT2D eigenvalue weighted by atomic mass is 10.0. The summed E-state index contributed by atoms with van der Waals surface area (Å²) in [5.74, 6) is 3.62. The molecule has 1 atom stereocenters. The van der Waals surface area contributed by atoms with Crippen molar-refractivity contribution >= 4 is 58.7 Å². The Morgan fingerprint density at radius 1 is 1.18 bits per heavy atom. The lowest BCUT2D eigenvalue weighted by Gasteiger charge is -2.37. The Balaban J connectivity index is 1.43. The molecule has 0 aromatic heterocycles. The standard InChI is InChI=1S/C31H30Cl2N6O5/c1-20(34)7-13-35-11-4-12-36-29(41)27(19-21-17-24(32)28(40)25(33)18-21)44-31(43)38-14-9-23(10-15-38)39-16-8-22-5-2-3-6-26(22)37-30(39)42/h2-3,5-6,11,17-18,23,27,40H,8-10,14-16,19,34H2,1H3,(H,37,42)/t27-/m1/s1. The van der Waals surface area contributed by atoms with Crippen molar-refractivity contribution in [1.29, 1.82) is 0 Å². The number of nitrogens with zero attached hydrogens (tertiary/aromatic N) is 4. The highest BCUT2D eigenvalue weighted by atomic mass is 35.5. The number of nitrogens with one attached hydrogen (secondary N) is 1. The zero-order valence-corrected chi connectivity index (χ0v) is 25.4. The van der Waals surface area contributed by atoms with Crippen molar-refractivity contribution in [2.45, 2.75) is 44.8 Å². The number of para-hydroxylation sites is 1. The van der Waals surface area contributed by atoms with E-state index in [2.05, 4.69) is 38.5 Å². The van der Waals surface area contributed by atoms with Crippen LogP contribution < -0.4 is 11.1 Å². The van der Waals surface area contributed by atoms with Gasteiger partial charge in [0, 0.05) is 49.5 Å². The molecule has 0 unspecified atom stereocenters. The number of hydrogen-bond donors (Lipinski definition) is 3. The zero-order valence-electron chi connectivity index (χ0n) is 23.8. The number of benzene rings is 2. The average Bonchev–Trinajstić information content (AvgIpc) is 3.16. The number of carbonyl (C=O) groups is 3. The molecule has 13 heteroatoms. The summed E-state index contributed by atoms with van der Waals surface area (Å²) in [6.45, 7) is 2.84. The fourth-order valence-corrected chi connectivity index (χ4v) is 5.33. The molecule has 0 aliphatic carbocycles. The highest BCUT2D eigenvalue weighted by Crippen LogP contribution is 2.33. The number of carbonyl (C=O) groups excluding carboxylic acids is 3. The normalized spacial score (nSPS) is 15.1. The van der Waals surface area contributed by atoms with Crippen molar-refractivity contribution in [2.75, 3.05) is 25.0 Å². The molecule has 2 aromatic carbocycles. The van der Waals surface area contributed by atoms with Crippen molar-refractivity contribution in [2.24, 2.45) is 15.7 Å². The van der Waals surface area contributed by atoms with E-state index in [9.17, 15) is 19.5 Å².